The van der Waals surface area contributed by atoms with E-state index in [0.717, 1.165) is 44.1 Å². The van der Waals surface area contributed by atoms with Gasteiger partial charge >= 0.3 is 5.97 Å². The number of carbonyl (C=O) groups is 2. The SMILES string of the molecule is C#C.C#C.C#C.C=CC.CC.CC1(C)C(c2ccc(C(=O)O)cc2)=CC[C@@]2(C)C1CC[C@@]1(C)C3CC[C@@]4(C(=O)NCC(O)CO)CCCC4[C@H]3CCC12. The predicted molar refractivity (Wildman–Crippen MR) is 220 cm³/mol. The summed E-state index contributed by atoms with van der Waals surface area (Å²) in [6.45, 7) is 19.1. The smallest absolute Gasteiger partial charge is 0.335 e. The average molecular weight is 728 g/mol. The van der Waals surface area contributed by atoms with Crippen LogP contribution in [0.2, 0.25) is 0 Å². The lowest BCUT2D eigenvalue weighted by Gasteiger charge is -2.68. The maximum Gasteiger partial charge on any atom is 0.335 e. The summed E-state index contributed by atoms with van der Waals surface area (Å²) in [5, 5.41) is 31.5. The number of aromatic carboxylic acids is 1. The Bertz CT molecular complexity index is 1420. The van der Waals surface area contributed by atoms with Gasteiger partial charge in [0.05, 0.1) is 23.7 Å². The number of rotatable bonds is 6. The van der Waals surface area contributed by atoms with Crippen molar-refractivity contribution in [3.63, 3.8) is 0 Å². The molecule has 0 bridgehead atoms. The lowest BCUT2D eigenvalue weighted by Crippen LogP contribution is -2.62. The Morgan fingerprint density at radius 2 is 1.45 bits per heavy atom. The minimum atomic E-state index is -0.898. The molecule has 4 N–H and O–H groups in total. The zero-order valence-corrected chi connectivity index (χ0v) is 33.7. The van der Waals surface area contributed by atoms with Crippen molar-refractivity contribution in [3.05, 3.63) is 54.1 Å². The van der Waals surface area contributed by atoms with Gasteiger partial charge in [0.2, 0.25) is 5.91 Å². The lowest BCUT2D eigenvalue weighted by atomic mass is 9.36. The number of aliphatic hydroxyl groups excluding tert-OH is 2. The van der Waals surface area contributed by atoms with E-state index >= 15 is 0 Å². The molecule has 1 amide bonds. The molecule has 0 aliphatic heterocycles. The highest BCUT2D eigenvalue weighted by Gasteiger charge is 2.66. The Morgan fingerprint density at radius 3 is 2.00 bits per heavy atom. The number of hydrogen-bond donors (Lipinski definition) is 4. The number of nitrogens with one attached hydrogen (secondary N) is 1. The summed E-state index contributed by atoms with van der Waals surface area (Å²) in [4.78, 5) is 25.1. The van der Waals surface area contributed by atoms with E-state index in [1.165, 1.54) is 31.3 Å². The molecule has 53 heavy (non-hydrogen) atoms. The highest BCUT2D eigenvalue weighted by atomic mass is 16.4. The first-order valence-corrected chi connectivity index (χ1v) is 19.5. The van der Waals surface area contributed by atoms with Crippen LogP contribution in [0.15, 0.2) is 43.0 Å². The molecule has 0 aromatic heterocycles. The van der Waals surface area contributed by atoms with Crippen molar-refractivity contribution in [1.82, 2.24) is 5.32 Å². The molecule has 0 saturated heterocycles. The fourth-order valence-corrected chi connectivity index (χ4v) is 12.0. The largest absolute Gasteiger partial charge is 0.478 e. The van der Waals surface area contributed by atoms with Crippen LogP contribution in [-0.4, -0.2) is 46.5 Å². The van der Waals surface area contributed by atoms with Gasteiger partial charge in [0.25, 0.3) is 0 Å². The van der Waals surface area contributed by atoms with Crippen molar-refractivity contribution < 1.29 is 24.9 Å². The van der Waals surface area contributed by atoms with E-state index in [9.17, 15) is 24.9 Å². The van der Waals surface area contributed by atoms with E-state index in [1.54, 1.807) is 18.2 Å². The van der Waals surface area contributed by atoms with Crippen molar-refractivity contribution in [3.8, 4) is 38.5 Å². The Kier molecular flexibility index (Phi) is 18.4. The number of terminal acetylenes is 3. The van der Waals surface area contributed by atoms with Gasteiger partial charge in [-0.15, -0.1) is 45.1 Å². The molecule has 6 rings (SSSR count). The molecule has 5 aliphatic carbocycles. The molecule has 292 valence electrons. The third-order valence-electron chi connectivity index (χ3n) is 13.7. The topological polar surface area (TPSA) is 107 Å². The molecule has 0 heterocycles. The Balaban J connectivity index is 0.00000116. The monoisotopic (exact) mass is 728 g/mol. The Morgan fingerprint density at radius 1 is 0.868 bits per heavy atom. The van der Waals surface area contributed by atoms with Gasteiger partial charge in [0, 0.05) is 6.54 Å². The molecule has 0 spiro atoms. The number of fused-ring (bicyclic) bond motifs is 7. The molecule has 4 fully saturated rings. The van der Waals surface area contributed by atoms with E-state index in [0.29, 0.717) is 35.2 Å². The molecule has 5 aliphatic rings. The van der Waals surface area contributed by atoms with Crippen molar-refractivity contribution in [2.45, 2.75) is 119 Å². The summed E-state index contributed by atoms with van der Waals surface area (Å²) < 4.78 is 0. The maximum atomic E-state index is 13.6. The first-order chi connectivity index (χ1) is 25.3. The molecular weight excluding hydrogens is 659 g/mol. The fraction of sp³-hybridized carbons (Fsp3) is 0.617. The molecular formula is C47H69NO5. The van der Waals surface area contributed by atoms with Gasteiger partial charge in [0.1, 0.15) is 0 Å². The van der Waals surface area contributed by atoms with Crippen LogP contribution in [0, 0.1) is 89.8 Å². The van der Waals surface area contributed by atoms with Crippen LogP contribution in [0.5, 0.6) is 0 Å². The summed E-state index contributed by atoms with van der Waals surface area (Å²) in [5.41, 5.74) is 3.04. The number of aliphatic hydroxyl groups is 2. The van der Waals surface area contributed by atoms with Crippen molar-refractivity contribution in [2.24, 2.45) is 51.2 Å². The molecule has 5 unspecified atom stereocenters. The minimum Gasteiger partial charge on any atom is -0.478 e. The third kappa shape index (κ3) is 8.97. The first-order valence-electron chi connectivity index (χ1n) is 19.5. The number of hydrogen-bond acceptors (Lipinski definition) is 4. The second-order valence-corrected chi connectivity index (χ2v) is 16.1. The lowest BCUT2D eigenvalue weighted by molar-refractivity contribution is -0.181. The molecule has 6 heteroatoms. The maximum absolute atomic E-state index is 13.6. The second kappa shape index (κ2) is 20.6. The van der Waals surface area contributed by atoms with Gasteiger partial charge in [-0.1, -0.05) is 72.2 Å². The normalized spacial score (nSPS) is 32.9. The molecule has 1 aromatic rings. The molecule has 4 saturated carbocycles. The zero-order chi connectivity index (χ0) is 40.8. The molecule has 6 nitrogen and oxygen atoms in total. The van der Waals surface area contributed by atoms with E-state index < -0.39 is 12.1 Å². The number of allylic oxidation sites excluding steroid dienone is 3. The molecule has 1 aromatic carbocycles. The van der Waals surface area contributed by atoms with Crippen molar-refractivity contribution >= 4 is 17.4 Å². The van der Waals surface area contributed by atoms with Gasteiger partial charge in [0.15, 0.2) is 0 Å². The quantitative estimate of drug-likeness (QED) is 0.173. The van der Waals surface area contributed by atoms with Crippen molar-refractivity contribution in [1.29, 1.82) is 0 Å². The number of carbonyl (C=O) groups excluding carboxylic acids is 1. The number of benzene rings is 1. The van der Waals surface area contributed by atoms with Gasteiger partial charge in [-0.05, 0) is 134 Å². The highest BCUT2D eigenvalue weighted by molar-refractivity contribution is 5.88. The summed E-state index contributed by atoms with van der Waals surface area (Å²) in [6, 6.07) is 7.47. The van der Waals surface area contributed by atoms with E-state index in [4.69, 9.17) is 0 Å². The Hall–Kier alpha value is -3.76. The van der Waals surface area contributed by atoms with E-state index in [-0.39, 0.29) is 40.7 Å². The van der Waals surface area contributed by atoms with Crippen LogP contribution in [0.25, 0.3) is 5.57 Å². The Labute approximate surface area is 322 Å². The first kappa shape index (κ1) is 47.3. The molecule has 9 atom stereocenters. The van der Waals surface area contributed by atoms with E-state index in [1.807, 2.05) is 32.9 Å². The van der Waals surface area contributed by atoms with Crippen LogP contribution < -0.4 is 5.32 Å². The van der Waals surface area contributed by atoms with Crippen molar-refractivity contribution in [2.75, 3.05) is 13.2 Å². The highest BCUT2D eigenvalue weighted by Crippen LogP contribution is 2.73. The predicted octanol–water partition coefficient (Wildman–Crippen LogP) is 9.28. The summed E-state index contributed by atoms with van der Waals surface area (Å²) >= 11 is 0. The third-order valence-corrected chi connectivity index (χ3v) is 13.7. The van der Waals surface area contributed by atoms with Crippen LogP contribution >= 0.6 is 0 Å². The molecule has 0 radical (unpaired) electrons. The van der Waals surface area contributed by atoms with Crippen LogP contribution in [-0.2, 0) is 4.79 Å². The van der Waals surface area contributed by atoms with Gasteiger partial charge in [-0.25, -0.2) is 4.79 Å². The van der Waals surface area contributed by atoms with Crippen LogP contribution in [0.1, 0.15) is 129 Å². The number of carboxylic acid groups (broad SMARTS) is 1. The van der Waals surface area contributed by atoms with Crippen LogP contribution in [0.4, 0.5) is 0 Å². The van der Waals surface area contributed by atoms with Gasteiger partial charge in [-0.3, -0.25) is 4.79 Å². The summed E-state index contributed by atoms with van der Waals surface area (Å²) in [6.07, 6.45) is 38.6. The average Bonchev–Trinajstić information content (AvgIpc) is 3.63. The van der Waals surface area contributed by atoms with Crippen LogP contribution in [0.3, 0.4) is 0 Å². The number of amides is 1. The summed E-state index contributed by atoms with van der Waals surface area (Å²) in [7, 11) is 0. The summed E-state index contributed by atoms with van der Waals surface area (Å²) in [5.74, 6) is 2.11. The second-order valence-electron chi connectivity index (χ2n) is 16.1. The standard InChI is InChI=1S/C36H51NO5.C3H6.C2H6.3C2H2/c1-33(2)26(22-7-9-23(10-8-22)31(40)41)13-17-35(4)29(33)15-18-34(3)27-14-19-36(32(42)37-20-24(39)21-38)16-5-6-28(36)25(27)11-12-30(34)35;1-3-2;4*1-2/h7-10,13,24-25,27-30,38-39H,5-6,11-12,14-21H2,1-4H3,(H,37,42)(H,40,41);3H,1H2,2H3;1-2H3;3*1-2H/t24?,25-,27?,28?,29?,30?,34-,35-,36-;;;;;/m0...../s1. The minimum absolute atomic E-state index is 0.000311. The van der Waals surface area contributed by atoms with Gasteiger partial charge < -0.3 is 20.6 Å². The zero-order valence-electron chi connectivity index (χ0n) is 33.7. The van der Waals surface area contributed by atoms with Gasteiger partial charge in [-0.2, -0.15) is 0 Å². The number of carboxylic acids is 1. The van der Waals surface area contributed by atoms with E-state index in [2.05, 4.69) is 84.2 Å². The fourth-order valence-electron chi connectivity index (χ4n) is 12.0.